The largest absolute Gasteiger partial charge is 0.494 e. The number of likely N-dealkylation sites (tertiary alicyclic amines) is 1. The fourth-order valence-corrected chi connectivity index (χ4v) is 8.52. The molecule has 4 aromatic rings. The van der Waals surface area contributed by atoms with E-state index in [-0.39, 0.29) is 49.1 Å². The van der Waals surface area contributed by atoms with Crippen LogP contribution in [0, 0.1) is 22.6 Å². The fourth-order valence-electron chi connectivity index (χ4n) is 8.00. The number of β-amino-alcohol motifs (C(OH)–C–C–N with tert-alkyl or cyclic N) is 1. The first kappa shape index (κ1) is 52.9. The van der Waals surface area contributed by atoms with Gasteiger partial charge in [-0.1, -0.05) is 32.9 Å². The molecule has 3 heterocycles. The van der Waals surface area contributed by atoms with Gasteiger partial charge in [-0.3, -0.25) is 24.1 Å². The molecule has 6 rings (SSSR count). The predicted molar refractivity (Wildman–Crippen MR) is 251 cm³/mol. The third kappa shape index (κ3) is 12.6. The number of anilines is 2. The van der Waals surface area contributed by atoms with E-state index in [1.54, 1.807) is 69.9 Å². The van der Waals surface area contributed by atoms with Crippen molar-refractivity contribution in [1.29, 1.82) is 5.26 Å². The molecule has 2 fully saturated rings. The molecule has 16 nitrogen and oxygen atoms in total. The molecule has 1 aromatic heterocycles. The van der Waals surface area contributed by atoms with Gasteiger partial charge in [0.2, 0.25) is 17.7 Å². The summed E-state index contributed by atoms with van der Waals surface area (Å²) in [5.74, 6) is -1.82. The Morgan fingerprint density at radius 1 is 0.986 bits per heavy atom. The van der Waals surface area contributed by atoms with Crippen LogP contribution in [0.25, 0.3) is 11.3 Å². The third-order valence-electron chi connectivity index (χ3n) is 11.7. The maximum absolute atomic E-state index is 14.9. The molecule has 0 bridgehead atoms. The lowest BCUT2D eigenvalue weighted by Crippen LogP contribution is -2.58. The zero-order valence-corrected chi connectivity index (χ0v) is 40.1. The number of oxazole rings is 1. The van der Waals surface area contributed by atoms with Gasteiger partial charge >= 0.3 is 6.18 Å². The number of hydrogen-bond acceptors (Lipinski definition) is 12. The van der Waals surface area contributed by atoms with Gasteiger partial charge in [-0.25, -0.2) is 9.37 Å². The Bertz CT molecular complexity index is 2560. The van der Waals surface area contributed by atoms with Gasteiger partial charge in [0, 0.05) is 56.1 Å². The maximum Gasteiger partial charge on any atom is 0.417 e. The summed E-state index contributed by atoms with van der Waals surface area (Å²) in [7, 11) is 0. The lowest BCUT2D eigenvalue weighted by molar-refractivity contribution is -0.144. The molecule has 21 heteroatoms. The highest BCUT2D eigenvalue weighted by Gasteiger charge is 2.51. The third-order valence-corrected chi connectivity index (χ3v) is 12.1. The van der Waals surface area contributed by atoms with E-state index in [0.717, 1.165) is 17.0 Å². The molecule has 3 N–H and O–H groups in total. The average Bonchev–Trinajstić information content (AvgIpc) is 4.03. The number of nitriles is 1. The van der Waals surface area contributed by atoms with Gasteiger partial charge in [0.25, 0.3) is 5.91 Å². The minimum absolute atomic E-state index is 0.0156. The molecule has 374 valence electrons. The lowest BCUT2D eigenvalue weighted by Gasteiger charge is -2.35. The fraction of sp³-hybridized carbons (Fsp3) is 0.449. The smallest absolute Gasteiger partial charge is 0.417 e. The number of nitrogens with zero attached hydrogens (tertiary/aromatic N) is 5. The molecule has 0 aliphatic carbocycles. The first-order valence-electron chi connectivity index (χ1n) is 22.5. The number of ether oxygens (including phenoxy) is 3. The van der Waals surface area contributed by atoms with Crippen LogP contribution < -0.4 is 25.2 Å². The van der Waals surface area contributed by atoms with Crippen LogP contribution in [0.2, 0.25) is 0 Å². The minimum Gasteiger partial charge on any atom is -0.494 e. The summed E-state index contributed by atoms with van der Waals surface area (Å²) < 4.78 is 78.3. The van der Waals surface area contributed by atoms with Gasteiger partial charge in [0.05, 0.1) is 41.8 Å². The molecule has 2 saturated heterocycles. The highest BCUT2D eigenvalue weighted by atomic mass is 32.1. The Kier molecular flexibility index (Phi) is 17.0. The summed E-state index contributed by atoms with van der Waals surface area (Å²) in [5.41, 5.74) is -2.62. The number of halogens is 4. The lowest BCUT2D eigenvalue weighted by atomic mass is 9.85. The van der Waals surface area contributed by atoms with Crippen molar-refractivity contribution in [2.24, 2.45) is 5.41 Å². The van der Waals surface area contributed by atoms with Gasteiger partial charge in [0.15, 0.2) is 17.3 Å². The number of alkyl halides is 3. The van der Waals surface area contributed by atoms with E-state index in [0.29, 0.717) is 61.8 Å². The Balaban J connectivity index is 0.870. The van der Waals surface area contributed by atoms with Crippen LogP contribution in [0.3, 0.4) is 0 Å². The average molecular weight is 994 g/mol. The molecular formula is C49H55F4N7O9S. The van der Waals surface area contributed by atoms with Crippen molar-refractivity contribution in [2.75, 3.05) is 49.4 Å². The summed E-state index contributed by atoms with van der Waals surface area (Å²) in [6.07, 6.45) is -1.27. The molecule has 70 heavy (non-hydrogen) atoms. The zero-order chi connectivity index (χ0) is 51.0. The highest BCUT2D eigenvalue weighted by molar-refractivity contribution is 7.81. The predicted octanol–water partition coefficient (Wildman–Crippen LogP) is 6.68. The van der Waals surface area contributed by atoms with Crippen LogP contribution in [0.5, 0.6) is 5.75 Å². The van der Waals surface area contributed by atoms with E-state index in [1.807, 2.05) is 0 Å². The maximum atomic E-state index is 14.9. The van der Waals surface area contributed by atoms with Crippen LogP contribution in [0.15, 0.2) is 77.7 Å². The van der Waals surface area contributed by atoms with Gasteiger partial charge in [-0.05, 0) is 99.3 Å². The quantitative estimate of drug-likeness (QED) is 0.0482. The molecule has 4 amide bonds. The number of unbranched alkanes of at least 4 members (excludes halogenated alkanes) is 1. The Hall–Kier alpha value is -6.47. The topological polar surface area (TPSA) is 200 Å². The van der Waals surface area contributed by atoms with Crippen molar-refractivity contribution in [3.63, 3.8) is 0 Å². The van der Waals surface area contributed by atoms with Gasteiger partial charge in [-0.2, -0.15) is 18.4 Å². The van der Waals surface area contributed by atoms with Gasteiger partial charge in [-0.15, -0.1) is 0 Å². The number of rotatable bonds is 20. The Morgan fingerprint density at radius 3 is 2.33 bits per heavy atom. The highest BCUT2D eigenvalue weighted by Crippen LogP contribution is 2.40. The molecular weight excluding hydrogens is 939 g/mol. The van der Waals surface area contributed by atoms with Crippen molar-refractivity contribution >= 4 is 52.3 Å². The van der Waals surface area contributed by atoms with E-state index >= 15 is 0 Å². The number of hydrogen-bond donors (Lipinski definition) is 3. The number of carbonyl (C=O) groups excluding carboxylic acids is 4. The Labute approximate surface area is 407 Å². The van der Waals surface area contributed by atoms with E-state index in [9.17, 15) is 47.1 Å². The van der Waals surface area contributed by atoms with Crippen LogP contribution in [-0.2, 0) is 41.4 Å². The van der Waals surface area contributed by atoms with Crippen LogP contribution in [0.1, 0.15) is 77.0 Å². The summed E-state index contributed by atoms with van der Waals surface area (Å²) in [6.45, 7) is 9.35. The second-order valence-corrected chi connectivity index (χ2v) is 18.7. The molecule has 0 spiro atoms. The van der Waals surface area contributed by atoms with Crippen LogP contribution >= 0.6 is 12.2 Å². The van der Waals surface area contributed by atoms with Gasteiger partial charge < -0.3 is 44.2 Å². The Morgan fingerprint density at radius 2 is 1.67 bits per heavy atom. The minimum atomic E-state index is -4.81. The number of carbonyl (C=O) groups is 4. The van der Waals surface area contributed by atoms with E-state index in [1.165, 1.54) is 41.8 Å². The summed E-state index contributed by atoms with van der Waals surface area (Å²) in [6, 6.07) is 13.7. The summed E-state index contributed by atoms with van der Waals surface area (Å²) in [4.78, 5) is 61.4. The van der Waals surface area contributed by atoms with Crippen LogP contribution in [-0.4, -0.2) is 107 Å². The molecule has 1 unspecified atom stereocenters. The van der Waals surface area contributed by atoms with E-state index in [2.05, 4.69) is 15.6 Å². The molecule has 3 aromatic carbocycles. The van der Waals surface area contributed by atoms with Crippen molar-refractivity contribution in [1.82, 2.24) is 20.5 Å². The second-order valence-electron chi connectivity index (χ2n) is 18.4. The number of aliphatic hydroxyl groups is 1. The molecule has 2 aliphatic rings. The standard InChI is InChI=1S/C49H55F4N7O9S/c1-47(2,3)42(44(64)58-27-35(61)23-39(58)43(63)56-25-32-10-9-30(21-38(32)50)40-26-55-29-69-40)57-41(62)28-67-19-8-18-66-17-6-7-20-68-36-15-13-33(14-16-36)60-46(70)59(45(65)48(60,4)5)34-12-11-31(24-54)37(22-34)49(51,52)53/h9-16,21-22,26,29,35,39,42,61H,6-8,17-20,23,25,27-28H2,1-5H3,(H,56,63)(H,57,62)/t35-,39+,42?/m1/s1. The number of aliphatic hydroxyl groups excluding tert-OH is 1. The molecule has 3 atom stereocenters. The first-order chi connectivity index (χ1) is 33.1. The molecule has 2 aliphatic heterocycles. The van der Waals surface area contributed by atoms with Crippen molar-refractivity contribution in [3.8, 4) is 23.1 Å². The van der Waals surface area contributed by atoms with Crippen molar-refractivity contribution < 1.29 is 60.5 Å². The normalized spacial score (nSPS) is 17.4. The van der Waals surface area contributed by atoms with E-state index in [4.69, 9.17) is 30.8 Å². The van der Waals surface area contributed by atoms with Crippen molar-refractivity contribution in [2.45, 2.75) is 96.7 Å². The monoisotopic (exact) mass is 993 g/mol. The number of benzene rings is 3. The number of amides is 4. The number of aromatic nitrogens is 1. The summed E-state index contributed by atoms with van der Waals surface area (Å²) >= 11 is 5.61. The van der Waals surface area contributed by atoms with Crippen molar-refractivity contribution in [3.05, 3.63) is 95.8 Å². The summed E-state index contributed by atoms with van der Waals surface area (Å²) in [5, 5.41) is 25.1. The molecule has 0 saturated carbocycles. The van der Waals surface area contributed by atoms with E-state index < -0.39 is 75.9 Å². The van der Waals surface area contributed by atoms with Gasteiger partial charge in [0.1, 0.15) is 35.8 Å². The van der Waals surface area contributed by atoms with Crippen LogP contribution in [0.4, 0.5) is 28.9 Å². The number of nitrogens with one attached hydrogen (secondary N) is 2. The first-order valence-corrected chi connectivity index (χ1v) is 22.9. The SMILES string of the molecule is CC(C)(C)C(NC(=O)COCCCOCCCCOc1ccc(N2C(=S)N(c3ccc(C#N)c(C(F)(F)F)c3)C(=O)C2(C)C)cc1)C(=O)N1C[C@H](O)C[C@H]1C(=O)NCc1ccc(-c2cnco2)cc1F. The second kappa shape index (κ2) is 22.5. The zero-order valence-electron chi connectivity index (χ0n) is 39.3. The number of thiocarbonyl (C=S) groups is 1. The molecule has 0 radical (unpaired) electrons.